The highest BCUT2D eigenvalue weighted by molar-refractivity contribution is 7.83. The molecule has 0 saturated carbocycles. The monoisotopic (exact) mass is 172 g/mol. The molecule has 0 saturated heterocycles. The molecule has 0 spiro atoms. The van der Waals surface area contributed by atoms with Gasteiger partial charge in [-0.3, -0.25) is 0 Å². The van der Waals surface area contributed by atoms with E-state index >= 15 is 0 Å². The summed E-state index contributed by atoms with van der Waals surface area (Å²) in [6.45, 7) is 0. The average Bonchev–Trinajstić information content (AvgIpc) is 1.64. The summed E-state index contributed by atoms with van der Waals surface area (Å²) in [6, 6.07) is 0. The van der Waals surface area contributed by atoms with Crippen LogP contribution in [0.15, 0.2) is 11.5 Å². The van der Waals surface area contributed by atoms with E-state index in [2.05, 4.69) is 24.8 Å². The summed E-state index contributed by atoms with van der Waals surface area (Å²) < 4.78 is 34.2. The van der Waals surface area contributed by atoms with Crippen LogP contribution in [0.4, 0.5) is 13.2 Å². The van der Waals surface area contributed by atoms with Crippen LogP contribution in [0.25, 0.3) is 0 Å². The highest BCUT2D eigenvalue weighted by atomic mass is 32.1. The van der Waals surface area contributed by atoms with E-state index in [0.717, 1.165) is 11.5 Å². The van der Waals surface area contributed by atoms with Gasteiger partial charge < -0.3 is 0 Å². The first-order valence-corrected chi connectivity index (χ1v) is 2.83. The van der Waals surface area contributed by atoms with Crippen LogP contribution in [0, 0.1) is 0 Å². The van der Waals surface area contributed by atoms with Crippen molar-refractivity contribution in [3.05, 3.63) is 11.5 Å². The van der Waals surface area contributed by atoms with Gasteiger partial charge in [0.15, 0.2) is 0 Å². The SMILES string of the molecule is FC(F)(F)C(=S)/C=C\S. The molecule has 0 N–H and O–H groups in total. The summed E-state index contributed by atoms with van der Waals surface area (Å²) >= 11 is 7.35. The van der Waals surface area contributed by atoms with E-state index in [1.807, 2.05) is 0 Å². The maximum atomic E-state index is 11.4. The summed E-state index contributed by atoms with van der Waals surface area (Å²) in [4.78, 5) is -1.06. The third-order valence-corrected chi connectivity index (χ3v) is 1.02. The topological polar surface area (TPSA) is 0 Å². The van der Waals surface area contributed by atoms with Crippen LogP contribution in [-0.2, 0) is 0 Å². The molecule has 0 atom stereocenters. The van der Waals surface area contributed by atoms with Crippen molar-refractivity contribution >= 4 is 29.7 Å². The molecule has 0 aliphatic carbocycles. The highest BCUT2D eigenvalue weighted by Crippen LogP contribution is 2.17. The Hall–Kier alpha value is -0.0300. The third-order valence-electron chi connectivity index (χ3n) is 0.505. The molecule has 0 rings (SSSR count). The van der Waals surface area contributed by atoms with Gasteiger partial charge >= 0.3 is 6.18 Å². The van der Waals surface area contributed by atoms with E-state index in [4.69, 9.17) is 0 Å². The van der Waals surface area contributed by atoms with Crippen molar-refractivity contribution in [2.75, 3.05) is 0 Å². The highest BCUT2D eigenvalue weighted by Gasteiger charge is 2.31. The lowest BCUT2D eigenvalue weighted by Gasteiger charge is -2.00. The minimum Gasteiger partial charge on any atom is -0.165 e. The Morgan fingerprint density at radius 2 is 1.89 bits per heavy atom. The number of thiocarbonyl (C=S) groups is 1. The lowest BCUT2D eigenvalue weighted by atomic mass is 10.4. The van der Waals surface area contributed by atoms with E-state index in [1.165, 1.54) is 0 Å². The molecule has 0 unspecified atom stereocenters. The quantitative estimate of drug-likeness (QED) is 0.360. The average molecular weight is 172 g/mol. The first-order chi connectivity index (χ1) is 3.98. The first-order valence-electron chi connectivity index (χ1n) is 1.90. The molecule has 0 fully saturated rings. The predicted octanol–water partition coefficient (Wildman–Crippen LogP) is 2.36. The number of hydrogen-bond donors (Lipinski definition) is 1. The van der Waals surface area contributed by atoms with Crippen molar-refractivity contribution < 1.29 is 13.2 Å². The van der Waals surface area contributed by atoms with Gasteiger partial charge in [-0.15, -0.1) is 0 Å². The number of hydrogen-bond acceptors (Lipinski definition) is 2. The number of allylic oxidation sites excluding steroid dienone is 1. The summed E-state index contributed by atoms with van der Waals surface area (Å²) in [5, 5.41) is 0.954. The van der Waals surface area contributed by atoms with Crippen molar-refractivity contribution in [3.63, 3.8) is 0 Å². The van der Waals surface area contributed by atoms with Crippen LogP contribution in [0.1, 0.15) is 0 Å². The van der Waals surface area contributed by atoms with Gasteiger partial charge in [-0.25, -0.2) is 0 Å². The number of thiol groups is 1. The van der Waals surface area contributed by atoms with Crippen molar-refractivity contribution in [2.45, 2.75) is 6.18 Å². The van der Waals surface area contributed by atoms with Gasteiger partial charge in [-0.1, -0.05) is 12.2 Å². The zero-order valence-corrected chi connectivity index (χ0v) is 5.85. The van der Waals surface area contributed by atoms with Crippen LogP contribution in [0.5, 0.6) is 0 Å². The Morgan fingerprint density at radius 3 is 2.00 bits per heavy atom. The number of rotatable bonds is 1. The molecule has 0 aliphatic rings. The fourth-order valence-electron chi connectivity index (χ4n) is 0.162. The van der Waals surface area contributed by atoms with Crippen LogP contribution in [0.2, 0.25) is 0 Å². The summed E-state index contributed by atoms with van der Waals surface area (Å²) in [7, 11) is 0. The molecule has 0 heterocycles. The lowest BCUT2D eigenvalue weighted by molar-refractivity contribution is -0.0552. The van der Waals surface area contributed by atoms with Gasteiger partial charge in [-0.2, -0.15) is 25.8 Å². The largest absolute Gasteiger partial charge is 0.426 e. The lowest BCUT2D eigenvalue weighted by Crippen LogP contribution is -2.17. The van der Waals surface area contributed by atoms with E-state index in [1.54, 1.807) is 0 Å². The summed E-state index contributed by atoms with van der Waals surface area (Å²) in [5.74, 6) is 0. The predicted molar refractivity (Wildman–Crippen MR) is 36.8 cm³/mol. The second-order valence-corrected chi connectivity index (χ2v) is 1.92. The normalized spacial score (nSPS) is 12.4. The van der Waals surface area contributed by atoms with Crippen molar-refractivity contribution in [3.8, 4) is 0 Å². The van der Waals surface area contributed by atoms with Crippen LogP contribution < -0.4 is 0 Å². The molecule has 0 bridgehead atoms. The third kappa shape index (κ3) is 3.53. The smallest absolute Gasteiger partial charge is 0.165 e. The van der Waals surface area contributed by atoms with Crippen molar-refractivity contribution in [1.29, 1.82) is 0 Å². The Bertz CT molecular complexity index is 135. The number of halogens is 3. The molecule has 0 aromatic heterocycles. The Morgan fingerprint density at radius 1 is 1.44 bits per heavy atom. The van der Waals surface area contributed by atoms with Gasteiger partial charge in [0.1, 0.15) is 4.86 Å². The summed E-state index contributed by atoms with van der Waals surface area (Å²) in [5.41, 5.74) is 0. The molecule has 9 heavy (non-hydrogen) atoms. The second kappa shape index (κ2) is 3.22. The zero-order chi connectivity index (χ0) is 7.49. The van der Waals surface area contributed by atoms with Gasteiger partial charge in [0.25, 0.3) is 0 Å². The Labute approximate surface area is 61.2 Å². The minimum atomic E-state index is -4.39. The standard InChI is InChI=1S/C4H3F3S2/c5-4(6,7)3(9)1-2-8/h1-2,8H/b2-1-. The molecule has 0 nitrogen and oxygen atoms in total. The molecule has 52 valence electrons. The first kappa shape index (κ1) is 8.97. The fraction of sp³-hybridized carbons (Fsp3) is 0.250. The molecule has 0 aliphatic heterocycles. The molecular weight excluding hydrogens is 169 g/mol. The van der Waals surface area contributed by atoms with E-state index in [0.29, 0.717) is 0 Å². The molecule has 0 aromatic rings. The second-order valence-electron chi connectivity index (χ2n) is 1.18. The van der Waals surface area contributed by atoms with Gasteiger partial charge in [0.05, 0.1) is 0 Å². The van der Waals surface area contributed by atoms with Crippen molar-refractivity contribution in [1.82, 2.24) is 0 Å². The molecule has 0 amide bonds. The zero-order valence-electron chi connectivity index (χ0n) is 4.14. The van der Waals surface area contributed by atoms with E-state index < -0.39 is 11.0 Å². The maximum absolute atomic E-state index is 11.4. The maximum Gasteiger partial charge on any atom is 0.426 e. The molecule has 0 radical (unpaired) electrons. The van der Waals surface area contributed by atoms with E-state index in [-0.39, 0.29) is 0 Å². The van der Waals surface area contributed by atoms with Crippen molar-refractivity contribution in [2.24, 2.45) is 0 Å². The molecule has 5 heteroatoms. The van der Waals surface area contributed by atoms with Gasteiger partial charge in [0.2, 0.25) is 0 Å². The molecular formula is C4H3F3S2. The van der Waals surface area contributed by atoms with Crippen LogP contribution >= 0.6 is 24.8 Å². The van der Waals surface area contributed by atoms with Crippen LogP contribution in [-0.4, -0.2) is 11.0 Å². The number of alkyl halides is 3. The van der Waals surface area contributed by atoms with Gasteiger partial charge in [0, 0.05) is 0 Å². The van der Waals surface area contributed by atoms with E-state index in [9.17, 15) is 13.2 Å². The summed E-state index contributed by atoms with van der Waals surface area (Å²) in [6.07, 6.45) is -3.67. The van der Waals surface area contributed by atoms with Crippen LogP contribution in [0.3, 0.4) is 0 Å². The van der Waals surface area contributed by atoms with Gasteiger partial charge in [-0.05, 0) is 11.5 Å². The Balaban J connectivity index is 4.06. The molecule has 0 aromatic carbocycles. The fourth-order valence-corrected chi connectivity index (χ4v) is 0.480. The Kier molecular flexibility index (Phi) is 3.21. The minimum absolute atomic E-state index is 0.721.